The van der Waals surface area contributed by atoms with Crippen LogP contribution in [-0.2, 0) is 6.42 Å². The summed E-state index contributed by atoms with van der Waals surface area (Å²) in [6, 6.07) is 17.3. The van der Waals surface area contributed by atoms with Gasteiger partial charge >= 0.3 is 6.03 Å². The van der Waals surface area contributed by atoms with Crippen LogP contribution in [-0.4, -0.2) is 68.3 Å². The van der Waals surface area contributed by atoms with Gasteiger partial charge in [0.1, 0.15) is 5.75 Å². The molecule has 2 atom stereocenters. The van der Waals surface area contributed by atoms with Crippen LogP contribution in [0, 0.1) is 12.8 Å². The molecule has 0 radical (unpaired) electrons. The summed E-state index contributed by atoms with van der Waals surface area (Å²) in [4.78, 5) is 17.9. The van der Waals surface area contributed by atoms with Crippen LogP contribution >= 0.6 is 0 Å². The molecule has 1 aliphatic carbocycles. The molecule has 2 amide bonds. The molecule has 0 aromatic heterocycles. The lowest BCUT2D eigenvalue weighted by molar-refractivity contribution is 0.136. The lowest BCUT2D eigenvalue weighted by Gasteiger charge is -2.36. The number of anilines is 1. The van der Waals surface area contributed by atoms with Gasteiger partial charge in [0.15, 0.2) is 0 Å². The third kappa shape index (κ3) is 8.74. The number of carbonyl (C=O) groups excluding carboxylic acids is 1. The minimum Gasteiger partial charge on any atom is -0.497 e. The molecule has 6 nitrogen and oxygen atoms in total. The Morgan fingerprint density at radius 3 is 2.47 bits per heavy atom. The number of urea groups is 1. The number of aryl methyl sites for hydroxylation is 1. The fourth-order valence-electron chi connectivity index (χ4n) is 6.19. The molecule has 6 heteroatoms. The molecule has 2 fully saturated rings. The third-order valence-corrected chi connectivity index (χ3v) is 8.61. The Hall–Kier alpha value is -2.57. The molecule has 0 bridgehead atoms. The molecular formula is C32H48N4O2. The largest absolute Gasteiger partial charge is 0.497 e. The van der Waals surface area contributed by atoms with Crippen LogP contribution in [0.2, 0.25) is 0 Å². The molecule has 2 aliphatic rings. The van der Waals surface area contributed by atoms with Gasteiger partial charge in [-0.3, -0.25) is 4.90 Å². The van der Waals surface area contributed by atoms with Crippen molar-refractivity contribution in [3.63, 3.8) is 0 Å². The Kier molecular flexibility index (Phi) is 10.9. The highest BCUT2D eigenvalue weighted by Gasteiger charge is 2.29. The van der Waals surface area contributed by atoms with Crippen LogP contribution in [0.4, 0.5) is 10.5 Å². The van der Waals surface area contributed by atoms with E-state index in [1.165, 1.54) is 69.0 Å². The van der Waals surface area contributed by atoms with Gasteiger partial charge in [-0.25, -0.2) is 4.79 Å². The number of benzene rings is 2. The zero-order chi connectivity index (χ0) is 26.7. The van der Waals surface area contributed by atoms with E-state index in [-0.39, 0.29) is 6.03 Å². The fraction of sp³-hybridized carbons (Fsp3) is 0.594. The number of methoxy groups -OCH3 is 1. The SMILES string of the molecule is COc1ccc(CCN2CCC[C@@H]2CN(C)[C@@H](CNC(=O)Nc2ccc(C)cc2)CC2CCCCC2)cc1. The summed E-state index contributed by atoms with van der Waals surface area (Å²) in [6.45, 7) is 6.07. The average Bonchev–Trinajstić information content (AvgIpc) is 3.38. The topological polar surface area (TPSA) is 56.8 Å². The summed E-state index contributed by atoms with van der Waals surface area (Å²) in [5.41, 5.74) is 3.39. The Morgan fingerprint density at radius 1 is 1.03 bits per heavy atom. The fourth-order valence-corrected chi connectivity index (χ4v) is 6.19. The second kappa shape index (κ2) is 14.5. The van der Waals surface area contributed by atoms with Crippen molar-refractivity contribution < 1.29 is 9.53 Å². The van der Waals surface area contributed by atoms with Crippen molar-refractivity contribution in [1.29, 1.82) is 0 Å². The lowest BCUT2D eigenvalue weighted by Crippen LogP contribution is -2.48. The van der Waals surface area contributed by atoms with E-state index in [1.807, 2.05) is 24.3 Å². The monoisotopic (exact) mass is 520 g/mol. The first-order valence-corrected chi connectivity index (χ1v) is 14.7. The highest BCUT2D eigenvalue weighted by atomic mass is 16.5. The summed E-state index contributed by atoms with van der Waals surface area (Å²) < 4.78 is 5.31. The molecule has 4 rings (SSSR count). The number of rotatable bonds is 12. The lowest BCUT2D eigenvalue weighted by atomic mass is 9.84. The molecule has 1 saturated heterocycles. The summed E-state index contributed by atoms with van der Waals surface area (Å²) in [5.74, 6) is 1.69. The zero-order valence-corrected chi connectivity index (χ0v) is 23.8. The van der Waals surface area contributed by atoms with E-state index in [0.717, 1.165) is 36.9 Å². The van der Waals surface area contributed by atoms with E-state index in [1.54, 1.807) is 7.11 Å². The molecule has 1 heterocycles. The molecular weight excluding hydrogens is 472 g/mol. The molecule has 2 aromatic carbocycles. The molecule has 0 unspecified atom stereocenters. The van der Waals surface area contributed by atoms with Crippen LogP contribution in [0.3, 0.4) is 0 Å². The molecule has 2 N–H and O–H groups in total. The van der Waals surface area contributed by atoms with Gasteiger partial charge in [0, 0.05) is 37.4 Å². The van der Waals surface area contributed by atoms with Crippen molar-refractivity contribution in [2.45, 2.75) is 76.8 Å². The first-order valence-electron chi connectivity index (χ1n) is 14.7. The predicted octanol–water partition coefficient (Wildman–Crippen LogP) is 6.10. The molecule has 1 saturated carbocycles. The van der Waals surface area contributed by atoms with Gasteiger partial charge in [-0.15, -0.1) is 0 Å². The van der Waals surface area contributed by atoms with E-state index in [4.69, 9.17) is 4.74 Å². The Morgan fingerprint density at radius 2 is 1.76 bits per heavy atom. The molecule has 1 aliphatic heterocycles. The minimum atomic E-state index is -0.113. The van der Waals surface area contributed by atoms with Gasteiger partial charge < -0.3 is 20.3 Å². The van der Waals surface area contributed by atoms with Crippen molar-refractivity contribution in [2.75, 3.05) is 45.7 Å². The standard InChI is InChI=1S/C32H48N4O2/c1-25-11-15-28(16-12-25)34-32(37)33-23-30(22-27-8-5-4-6-9-27)35(2)24-29-10-7-20-36(29)21-19-26-13-17-31(38-3)18-14-26/h11-18,27,29-30H,4-10,19-24H2,1-3H3,(H2,33,34,37)/t29-,30-/m1/s1. The highest BCUT2D eigenvalue weighted by molar-refractivity contribution is 5.89. The number of hydrogen-bond acceptors (Lipinski definition) is 4. The average molecular weight is 521 g/mol. The van der Waals surface area contributed by atoms with E-state index >= 15 is 0 Å². The number of hydrogen-bond donors (Lipinski definition) is 2. The van der Waals surface area contributed by atoms with Crippen LogP contribution in [0.15, 0.2) is 48.5 Å². The van der Waals surface area contributed by atoms with E-state index in [2.05, 4.69) is 58.7 Å². The molecule has 208 valence electrons. The smallest absolute Gasteiger partial charge is 0.319 e. The van der Waals surface area contributed by atoms with E-state index in [9.17, 15) is 4.79 Å². The zero-order valence-electron chi connectivity index (χ0n) is 23.8. The minimum absolute atomic E-state index is 0.113. The van der Waals surface area contributed by atoms with Gasteiger partial charge in [-0.2, -0.15) is 0 Å². The number of nitrogens with one attached hydrogen (secondary N) is 2. The maximum Gasteiger partial charge on any atom is 0.319 e. The van der Waals surface area contributed by atoms with Gasteiger partial charge in [-0.05, 0) is 81.9 Å². The van der Waals surface area contributed by atoms with Gasteiger partial charge in [0.2, 0.25) is 0 Å². The first-order chi connectivity index (χ1) is 18.5. The van der Waals surface area contributed by atoms with Gasteiger partial charge in [-0.1, -0.05) is 61.9 Å². The normalized spacial score (nSPS) is 19.4. The van der Waals surface area contributed by atoms with Crippen molar-refractivity contribution in [1.82, 2.24) is 15.1 Å². The summed E-state index contributed by atoms with van der Waals surface area (Å²) in [7, 11) is 3.99. The summed E-state index contributed by atoms with van der Waals surface area (Å²) >= 11 is 0. The molecule has 2 aromatic rings. The van der Waals surface area contributed by atoms with Gasteiger partial charge in [0.25, 0.3) is 0 Å². The number of likely N-dealkylation sites (N-methyl/N-ethyl adjacent to an activating group) is 1. The number of nitrogens with zero attached hydrogens (tertiary/aromatic N) is 2. The summed E-state index contributed by atoms with van der Waals surface area (Å²) in [5, 5.41) is 6.19. The number of carbonyl (C=O) groups is 1. The van der Waals surface area contributed by atoms with Crippen LogP contribution in [0.25, 0.3) is 0 Å². The highest BCUT2D eigenvalue weighted by Crippen LogP contribution is 2.29. The van der Waals surface area contributed by atoms with E-state index in [0.29, 0.717) is 18.6 Å². The summed E-state index contributed by atoms with van der Waals surface area (Å²) in [6.07, 6.45) is 11.5. The van der Waals surface area contributed by atoms with Crippen molar-refractivity contribution in [2.24, 2.45) is 5.92 Å². The van der Waals surface area contributed by atoms with Gasteiger partial charge in [0.05, 0.1) is 7.11 Å². The van der Waals surface area contributed by atoms with E-state index < -0.39 is 0 Å². The maximum absolute atomic E-state index is 12.7. The number of ether oxygens (including phenoxy) is 1. The Bertz CT molecular complexity index is 972. The van der Waals surface area contributed by atoms with Crippen LogP contribution in [0.1, 0.15) is 62.5 Å². The Labute approximate surface area is 230 Å². The van der Waals surface area contributed by atoms with Crippen molar-refractivity contribution >= 4 is 11.7 Å². The Balaban J connectivity index is 1.31. The predicted molar refractivity (Wildman–Crippen MR) is 157 cm³/mol. The molecule has 0 spiro atoms. The maximum atomic E-state index is 12.7. The second-order valence-corrected chi connectivity index (χ2v) is 11.5. The van der Waals surface area contributed by atoms with Crippen molar-refractivity contribution in [3.8, 4) is 5.75 Å². The quantitative estimate of drug-likeness (QED) is 0.355. The van der Waals surface area contributed by atoms with Crippen LogP contribution < -0.4 is 15.4 Å². The molecule has 38 heavy (non-hydrogen) atoms. The second-order valence-electron chi connectivity index (χ2n) is 11.5. The van der Waals surface area contributed by atoms with Crippen molar-refractivity contribution in [3.05, 3.63) is 59.7 Å². The number of amides is 2. The van der Waals surface area contributed by atoms with Crippen LogP contribution in [0.5, 0.6) is 5.75 Å². The number of likely N-dealkylation sites (tertiary alicyclic amines) is 1. The first kappa shape index (κ1) is 28.4. The third-order valence-electron chi connectivity index (χ3n) is 8.61.